The Morgan fingerprint density at radius 1 is 1.21 bits per heavy atom. The molecule has 0 unspecified atom stereocenters. The first-order valence-electron chi connectivity index (χ1n) is 5.52. The summed E-state index contributed by atoms with van der Waals surface area (Å²) in [6.07, 6.45) is 0. The zero-order chi connectivity index (χ0) is 13.8. The maximum Gasteiger partial charge on any atom is 0.257 e. The van der Waals surface area contributed by atoms with Crippen LogP contribution in [0.5, 0.6) is 5.75 Å². The number of hydrogen-bond donors (Lipinski definition) is 1. The molecule has 0 aliphatic rings. The maximum atomic E-state index is 13.4. The molecule has 0 atom stereocenters. The molecule has 2 rings (SSSR count). The molecule has 0 saturated carbocycles. The number of hydrogen-bond acceptors (Lipinski definition) is 2. The Bertz CT molecular complexity index is 616. The molecule has 2 aromatic rings. The summed E-state index contributed by atoms with van der Waals surface area (Å²) in [6.45, 7) is 0. The molecule has 0 heterocycles. The molecule has 0 radical (unpaired) electrons. The van der Waals surface area contributed by atoms with Gasteiger partial charge in [-0.3, -0.25) is 4.79 Å². The highest BCUT2D eigenvalue weighted by Crippen LogP contribution is 2.28. The lowest BCUT2D eigenvalue weighted by atomic mass is 10.2. The van der Waals surface area contributed by atoms with Crippen LogP contribution in [0.4, 0.5) is 10.1 Å². The van der Waals surface area contributed by atoms with Crippen LogP contribution in [-0.2, 0) is 0 Å². The normalized spacial score (nSPS) is 10.1. The fourth-order valence-electron chi connectivity index (χ4n) is 1.60. The molecule has 0 saturated heterocycles. The lowest BCUT2D eigenvalue weighted by Gasteiger charge is -2.09. The van der Waals surface area contributed by atoms with Gasteiger partial charge in [-0.2, -0.15) is 0 Å². The van der Waals surface area contributed by atoms with Crippen molar-refractivity contribution in [3.63, 3.8) is 0 Å². The van der Waals surface area contributed by atoms with E-state index in [2.05, 4.69) is 5.32 Å². The van der Waals surface area contributed by atoms with Crippen LogP contribution in [-0.4, -0.2) is 13.0 Å². The first-order valence-corrected chi connectivity index (χ1v) is 5.89. The van der Waals surface area contributed by atoms with Gasteiger partial charge in [-0.05, 0) is 24.3 Å². The van der Waals surface area contributed by atoms with Crippen molar-refractivity contribution in [1.82, 2.24) is 0 Å². The zero-order valence-electron chi connectivity index (χ0n) is 10.1. The van der Waals surface area contributed by atoms with Gasteiger partial charge in [0, 0.05) is 0 Å². The van der Waals surface area contributed by atoms with E-state index in [0.717, 1.165) is 0 Å². The number of para-hydroxylation sites is 1. The highest BCUT2D eigenvalue weighted by molar-refractivity contribution is 6.35. The third-order valence-electron chi connectivity index (χ3n) is 2.55. The second-order valence-electron chi connectivity index (χ2n) is 3.76. The lowest BCUT2D eigenvalue weighted by molar-refractivity contribution is 0.102. The van der Waals surface area contributed by atoms with Crippen LogP contribution in [0.1, 0.15) is 10.4 Å². The highest BCUT2D eigenvalue weighted by atomic mass is 35.5. The molecule has 0 aliphatic carbocycles. The van der Waals surface area contributed by atoms with Crippen molar-refractivity contribution in [2.75, 3.05) is 12.4 Å². The number of carbonyl (C=O) groups is 1. The van der Waals surface area contributed by atoms with Crippen LogP contribution in [0.2, 0.25) is 5.02 Å². The Morgan fingerprint density at radius 3 is 2.63 bits per heavy atom. The van der Waals surface area contributed by atoms with Crippen molar-refractivity contribution in [2.24, 2.45) is 0 Å². The molecule has 1 amide bonds. The van der Waals surface area contributed by atoms with Gasteiger partial charge in [-0.25, -0.2) is 4.39 Å². The van der Waals surface area contributed by atoms with Gasteiger partial charge in [-0.1, -0.05) is 29.8 Å². The minimum Gasteiger partial charge on any atom is -0.495 e. The van der Waals surface area contributed by atoms with E-state index in [0.29, 0.717) is 5.75 Å². The predicted molar refractivity (Wildman–Crippen MR) is 72.4 cm³/mol. The van der Waals surface area contributed by atoms with Crippen molar-refractivity contribution >= 4 is 23.2 Å². The van der Waals surface area contributed by atoms with Crippen LogP contribution >= 0.6 is 11.6 Å². The van der Waals surface area contributed by atoms with E-state index >= 15 is 0 Å². The molecule has 1 N–H and O–H groups in total. The minimum absolute atomic E-state index is 0.103. The molecule has 0 fully saturated rings. The second kappa shape index (κ2) is 5.71. The van der Waals surface area contributed by atoms with Gasteiger partial charge >= 0.3 is 0 Å². The average Bonchev–Trinajstić information content (AvgIpc) is 2.41. The van der Waals surface area contributed by atoms with Crippen LogP contribution in [0.3, 0.4) is 0 Å². The molecular weight excluding hydrogens is 269 g/mol. The van der Waals surface area contributed by atoms with E-state index < -0.39 is 11.7 Å². The molecule has 0 bridgehead atoms. The summed E-state index contributed by atoms with van der Waals surface area (Å²) in [7, 11) is 1.46. The standard InChI is InChI=1S/C14H11ClFNO2/c1-19-12-8-4-5-9(13(12)15)14(18)17-11-7-3-2-6-10(11)16/h2-8H,1H3,(H,17,18). The van der Waals surface area contributed by atoms with Crippen molar-refractivity contribution in [1.29, 1.82) is 0 Å². The van der Waals surface area contributed by atoms with Gasteiger partial charge < -0.3 is 10.1 Å². The van der Waals surface area contributed by atoms with Gasteiger partial charge in [0.2, 0.25) is 0 Å². The Kier molecular flexibility index (Phi) is 4.02. The SMILES string of the molecule is COc1cccc(C(=O)Nc2ccccc2F)c1Cl. The molecule has 3 nitrogen and oxygen atoms in total. The Morgan fingerprint density at radius 2 is 1.95 bits per heavy atom. The number of ether oxygens (including phenoxy) is 1. The van der Waals surface area contributed by atoms with E-state index in [1.54, 1.807) is 30.3 Å². The maximum absolute atomic E-state index is 13.4. The number of carbonyl (C=O) groups excluding carboxylic acids is 1. The summed E-state index contributed by atoms with van der Waals surface area (Å²) < 4.78 is 18.5. The Hall–Kier alpha value is -2.07. The molecule has 98 valence electrons. The molecular formula is C14H11ClFNO2. The van der Waals surface area contributed by atoms with Gasteiger partial charge in [0.15, 0.2) is 0 Å². The van der Waals surface area contributed by atoms with Crippen LogP contribution < -0.4 is 10.1 Å². The summed E-state index contributed by atoms with van der Waals surface area (Å²) >= 11 is 6.03. The fraction of sp³-hybridized carbons (Fsp3) is 0.0714. The second-order valence-corrected chi connectivity index (χ2v) is 4.13. The molecule has 5 heteroatoms. The van der Waals surface area contributed by atoms with Crippen molar-refractivity contribution < 1.29 is 13.9 Å². The number of amides is 1. The number of halogens is 2. The summed E-state index contributed by atoms with van der Waals surface area (Å²) in [4.78, 5) is 12.0. The fourth-order valence-corrected chi connectivity index (χ4v) is 1.88. The Labute approximate surface area is 115 Å². The number of benzene rings is 2. The minimum atomic E-state index is -0.505. The van der Waals surface area contributed by atoms with Gasteiger partial charge in [0.05, 0.1) is 23.4 Å². The number of rotatable bonds is 3. The molecule has 2 aromatic carbocycles. The van der Waals surface area contributed by atoms with Gasteiger partial charge in [0.1, 0.15) is 11.6 Å². The predicted octanol–water partition coefficient (Wildman–Crippen LogP) is 3.74. The van der Waals surface area contributed by atoms with Crippen molar-refractivity contribution in [3.05, 3.63) is 58.9 Å². The average molecular weight is 280 g/mol. The summed E-state index contributed by atoms with van der Waals surface area (Å²) in [5.74, 6) is -0.605. The van der Waals surface area contributed by atoms with Crippen molar-refractivity contribution in [3.8, 4) is 5.75 Å². The number of methoxy groups -OCH3 is 1. The third-order valence-corrected chi connectivity index (χ3v) is 2.94. The molecule has 0 spiro atoms. The monoisotopic (exact) mass is 279 g/mol. The van der Waals surface area contributed by atoms with Crippen LogP contribution in [0.25, 0.3) is 0 Å². The quantitative estimate of drug-likeness (QED) is 0.929. The van der Waals surface area contributed by atoms with Crippen LogP contribution in [0, 0.1) is 5.82 Å². The smallest absolute Gasteiger partial charge is 0.257 e. The van der Waals surface area contributed by atoms with E-state index in [-0.39, 0.29) is 16.3 Å². The molecule has 0 aromatic heterocycles. The van der Waals surface area contributed by atoms with E-state index in [1.807, 2.05) is 0 Å². The van der Waals surface area contributed by atoms with Gasteiger partial charge in [-0.15, -0.1) is 0 Å². The van der Waals surface area contributed by atoms with E-state index in [1.165, 1.54) is 19.2 Å². The van der Waals surface area contributed by atoms with E-state index in [4.69, 9.17) is 16.3 Å². The molecule has 0 aliphatic heterocycles. The first-order chi connectivity index (χ1) is 9.13. The highest BCUT2D eigenvalue weighted by Gasteiger charge is 2.15. The largest absolute Gasteiger partial charge is 0.495 e. The first kappa shape index (κ1) is 13.4. The summed E-state index contributed by atoms with van der Waals surface area (Å²) in [5.41, 5.74) is 0.329. The van der Waals surface area contributed by atoms with Crippen LogP contribution in [0.15, 0.2) is 42.5 Å². The zero-order valence-corrected chi connectivity index (χ0v) is 10.9. The van der Waals surface area contributed by atoms with Gasteiger partial charge in [0.25, 0.3) is 5.91 Å². The van der Waals surface area contributed by atoms with Crippen molar-refractivity contribution in [2.45, 2.75) is 0 Å². The Balaban J connectivity index is 2.28. The summed E-state index contributed by atoms with van der Waals surface area (Å²) in [5, 5.41) is 2.66. The lowest BCUT2D eigenvalue weighted by Crippen LogP contribution is -2.13. The topological polar surface area (TPSA) is 38.3 Å². The van der Waals surface area contributed by atoms with E-state index in [9.17, 15) is 9.18 Å². The summed E-state index contributed by atoms with van der Waals surface area (Å²) in [6, 6.07) is 10.7. The third kappa shape index (κ3) is 2.85. The number of anilines is 1. The molecule has 19 heavy (non-hydrogen) atoms. The number of nitrogens with one attached hydrogen (secondary N) is 1.